The molecule has 3 rings (SSSR count). The first-order valence-electron chi connectivity index (χ1n) is 12.2. The minimum atomic E-state index is -5.94. The first-order valence-corrected chi connectivity index (χ1v) is 12.2. The molecule has 0 spiro atoms. The molecule has 0 aliphatic rings. The number of hydrogen-bond acceptors (Lipinski definition) is 3. The Bertz CT molecular complexity index is 1230. The van der Waals surface area contributed by atoms with Crippen molar-refractivity contribution in [3.05, 3.63) is 93.5 Å². The quantitative estimate of drug-likeness (QED) is 0.265. The van der Waals surface area contributed by atoms with Crippen molar-refractivity contribution >= 4 is 0 Å². The Morgan fingerprint density at radius 1 is 0.684 bits per heavy atom. The maximum atomic E-state index is 13.3. The van der Waals surface area contributed by atoms with Gasteiger partial charge in [0.25, 0.3) is 5.60 Å². The van der Waals surface area contributed by atoms with Gasteiger partial charge in [0.15, 0.2) is 0 Å². The minimum Gasteiger partial charge on any atom is -0.392 e. The van der Waals surface area contributed by atoms with Crippen LogP contribution in [-0.2, 0) is 38.1 Å². The summed E-state index contributed by atoms with van der Waals surface area (Å²) in [5.74, 6) is 0. The molecule has 3 N–H and O–H groups in total. The fraction of sp³-hybridized carbons (Fsp3) is 0.379. The van der Waals surface area contributed by atoms with Crippen molar-refractivity contribution in [3.8, 4) is 11.1 Å². The van der Waals surface area contributed by atoms with Gasteiger partial charge in [-0.25, -0.2) is 0 Å². The van der Waals surface area contributed by atoms with E-state index in [0.29, 0.717) is 48.1 Å². The van der Waals surface area contributed by atoms with E-state index in [4.69, 9.17) is 0 Å². The van der Waals surface area contributed by atoms with Gasteiger partial charge in [-0.2, -0.15) is 26.3 Å². The zero-order valence-corrected chi connectivity index (χ0v) is 21.0. The van der Waals surface area contributed by atoms with Gasteiger partial charge in [-0.05, 0) is 70.7 Å². The summed E-state index contributed by atoms with van der Waals surface area (Å²) in [4.78, 5) is 0. The molecule has 0 saturated heterocycles. The lowest BCUT2D eigenvalue weighted by Crippen LogP contribution is -2.53. The standard InChI is InChI=1S/C29H30F6O3/c1-3-4-25-20(9-6-19-7-10-22(16-36)23(15-19)17-37)8-5-18(2)26(25)21-11-13-24(14-12-21)27(38,28(30,31)32)29(33,34)35/h5,7-8,10-15,36-38H,3-4,6,9,16-17H2,1-2H3. The van der Waals surface area contributed by atoms with Gasteiger partial charge >= 0.3 is 12.4 Å². The number of alkyl halides is 6. The molecule has 3 aromatic carbocycles. The highest BCUT2D eigenvalue weighted by atomic mass is 19.4. The van der Waals surface area contributed by atoms with Crippen LogP contribution in [0.1, 0.15) is 52.3 Å². The fourth-order valence-electron chi connectivity index (χ4n) is 4.76. The lowest BCUT2D eigenvalue weighted by Gasteiger charge is -2.32. The van der Waals surface area contributed by atoms with Crippen LogP contribution in [0.25, 0.3) is 11.1 Å². The Morgan fingerprint density at radius 2 is 1.26 bits per heavy atom. The maximum absolute atomic E-state index is 13.3. The van der Waals surface area contributed by atoms with Crippen molar-refractivity contribution in [1.82, 2.24) is 0 Å². The summed E-state index contributed by atoms with van der Waals surface area (Å²) < 4.78 is 79.9. The van der Waals surface area contributed by atoms with Crippen molar-refractivity contribution in [2.75, 3.05) is 0 Å². The van der Waals surface area contributed by atoms with E-state index in [-0.39, 0.29) is 13.2 Å². The zero-order valence-electron chi connectivity index (χ0n) is 21.0. The molecule has 0 atom stereocenters. The van der Waals surface area contributed by atoms with Gasteiger partial charge in [-0.1, -0.05) is 67.9 Å². The summed E-state index contributed by atoms with van der Waals surface area (Å²) in [5, 5.41) is 28.7. The van der Waals surface area contributed by atoms with Crippen LogP contribution < -0.4 is 0 Å². The van der Waals surface area contributed by atoms with Crippen molar-refractivity contribution in [1.29, 1.82) is 0 Å². The molecule has 0 amide bonds. The molecule has 0 aliphatic carbocycles. The Morgan fingerprint density at radius 3 is 1.79 bits per heavy atom. The van der Waals surface area contributed by atoms with Crippen LogP contribution in [0.15, 0.2) is 54.6 Å². The molecular weight excluding hydrogens is 510 g/mol. The van der Waals surface area contributed by atoms with Crippen molar-refractivity contribution in [2.24, 2.45) is 0 Å². The molecule has 0 heterocycles. The van der Waals surface area contributed by atoms with Crippen LogP contribution in [0.5, 0.6) is 0 Å². The van der Waals surface area contributed by atoms with E-state index in [2.05, 4.69) is 0 Å². The second kappa shape index (κ2) is 11.5. The van der Waals surface area contributed by atoms with Crippen molar-refractivity contribution < 1.29 is 41.7 Å². The third-order valence-electron chi connectivity index (χ3n) is 6.82. The number of rotatable bonds is 9. The van der Waals surface area contributed by atoms with E-state index in [0.717, 1.165) is 34.2 Å². The number of aliphatic hydroxyl groups excluding tert-OH is 2. The van der Waals surface area contributed by atoms with Gasteiger partial charge in [0.1, 0.15) is 0 Å². The summed E-state index contributed by atoms with van der Waals surface area (Å²) in [6, 6.07) is 13.0. The number of aliphatic hydroxyl groups is 3. The molecule has 9 heteroatoms. The smallest absolute Gasteiger partial charge is 0.392 e. The molecule has 0 unspecified atom stereocenters. The van der Waals surface area contributed by atoms with Gasteiger partial charge < -0.3 is 15.3 Å². The number of benzene rings is 3. The normalized spacial score (nSPS) is 12.7. The first-order chi connectivity index (χ1) is 17.8. The van der Waals surface area contributed by atoms with Crippen LogP contribution >= 0.6 is 0 Å². The monoisotopic (exact) mass is 540 g/mol. The van der Waals surface area contributed by atoms with Gasteiger partial charge in [-0.3, -0.25) is 0 Å². The predicted molar refractivity (Wildman–Crippen MR) is 132 cm³/mol. The number of hydrogen-bond donors (Lipinski definition) is 3. The average molecular weight is 541 g/mol. The second-order valence-corrected chi connectivity index (χ2v) is 9.35. The van der Waals surface area contributed by atoms with E-state index in [9.17, 15) is 41.7 Å². The van der Waals surface area contributed by atoms with Gasteiger partial charge in [0.05, 0.1) is 13.2 Å². The third kappa shape index (κ3) is 5.75. The fourth-order valence-corrected chi connectivity index (χ4v) is 4.76. The van der Waals surface area contributed by atoms with Crippen molar-refractivity contribution in [2.45, 2.75) is 70.7 Å². The lowest BCUT2D eigenvalue weighted by atomic mass is 9.85. The Kier molecular flexibility index (Phi) is 8.96. The van der Waals surface area contributed by atoms with E-state index in [1.807, 2.05) is 38.1 Å². The minimum absolute atomic E-state index is 0.180. The largest absolute Gasteiger partial charge is 0.430 e. The highest BCUT2D eigenvalue weighted by Crippen LogP contribution is 2.50. The van der Waals surface area contributed by atoms with Gasteiger partial charge in [-0.15, -0.1) is 0 Å². The average Bonchev–Trinajstić information content (AvgIpc) is 2.86. The van der Waals surface area contributed by atoms with Gasteiger partial charge in [0, 0.05) is 5.56 Å². The molecule has 0 fully saturated rings. The summed E-state index contributed by atoms with van der Waals surface area (Å²) in [5.41, 5.74) is -0.0532. The molecule has 206 valence electrons. The molecule has 3 nitrogen and oxygen atoms in total. The topological polar surface area (TPSA) is 60.7 Å². The molecular formula is C29H30F6O3. The van der Waals surface area contributed by atoms with Crippen molar-refractivity contribution in [3.63, 3.8) is 0 Å². The number of aryl methyl sites for hydroxylation is 3. The Labute approximate surface area is 217 Å². The van der Waals surface area contributed by atoms with E-state index >= 15 is 0 Å². The highest BCUT2D eigenvalue weighted by molar-refractivity contribution is 5.73. The zero-order chi connectivity index (χ0) is 28.3. The SMILES string of the molecule is CCCc1c(CCc2ccc(CO)c(CO)c2)ccc(C)c1-c1ccc(C(O)(C(F)(F)F)C(F)(F)F)cc1. The summed E-state index contributed by atoms with van der Waals surface area (Å²) in [6.07, 6.45) is -9.23. The van der Waals surface area contributed by atoms with Crippen LogP contribution in [0.4, 0.5) is 26.3 Å². The third-order valence-corrected chi connectivity index (χ3v) is 6.82. The molecule has 0 saturated carbocycles. The summed E-state index contributed by atoms with van der Waals surface area (Å²) in [6.45, 7) is 3.43. The molecule has 0 radical (unpaired) electrons. The van der Waals surface area contributed by atoms with E-state index in [1.165, 1.54) is 12.1 Å². The van der Waals surface area contributed by atoms with Crippen LogP contribution in [0, 0.1) is 6.92 Å². The molecule has 3 aromatic rings. The molecule has 0 bridgehead atoms. The predicted octanol–water partition coefficient (Wildman–Crippen LogP) is 6.70. The lowest BCUT2D eigenvalue weighted by molar-refractivity contribution is -0.376. The molecule has 0 aliphatic heterocycles. The van der Waals surface area contributed by atoms with Crippen LogP contribution in [-0.4, -0.2) is 27.7 Å². The van der Waals surface area contributed by atoms with Crippen LogP contribution in [0.2, 0.25) is 0 Å². The first kappa shape index (κ1) is 29.7. The molecule has 38 heavy (non-hydrogen) atoms. The van der Waals surface area contributed by atoms with E-state index in [1.54, 1.807) is 6.07 Å². The summed E-state index contributed by atoms with van der Waals surface area (Å²) >= 11 is 0. The Hall–Kier alpha value is -2.88. The number of halogens is 6. The highest BCUT2D eigenvalue weighted by Gasteiger charge is 2.71. The Balaban J connectivity index is 2.01. The van der Waals surface area contributed by atoms with Crippen LogP contribution in [0.3, 0.4) is 0 Å². The van der Waals surface area contributed by atoms with E-state index < -0.39 is 23.5 Å². The second-order valence-electron chi connectivity index (χ2n) is 9.35. The van der Waals surface area contributed by atoms with Gasteiger partial charge in [0.2, 0.25) is 0 Å². The summed E-state index contributed by atoms with van der Waals surface area (Å²) in [7, 11) is 0. The molecule has 0 aromatic heterocycles. The maximum Gasteiger partial charge on any atom is 0.430 e.